The molecule has 23 heavy (non-hydrogen) atoms. The van der Waals surface area contributed by atoms with Crippen LogP contribution in [0.1, 0.15) is 16.9 Å². The van der Waals surface area contributed by atoms with Gasteiger partial charge < -0.3 is 15.1 Å². The van der Waals surface area contributed by atoms with Crippen molar-refractivity contribution in [1.29, 1.82) is 0 Å². The Kier molecular flexibility index (Phi) is 8.71. The molecule has 0 bridgehead atoms. The molecule has 6 heteroatoms. The molecular weight excluding hydrogens is 403 g/mol. The maximum Gasteiger partial charge on any atom is 0.190 e. The summed E-state index contributed by atoms with van der Waals surface area (Å²) in [5.74, 6) is 1.77. The minimum absolute atomic E-state index is 0. The van der Waals surface area contributed by atoms with Gasteiger partial charge in [-0.05, 0) is 30.3 Å². The van der Waals surface area contributed by atoms with Gasteiger partial charge in [-0.15, -0.1) is 24.0 Å². The smallest absolute Gasteiger partial charge is 0.190 e. The van der Waals surface area contributed by atoms with Gasteiger partial charge in [0, 0.05) is 27.2 Å². The molecule has 0 fully saturated rings. The Balaban J connectivity index is 0.00000264. The van der Waals surface area contributed by atoms with E-state index in [-0.39, 0.29) is 24.0 Å². The molecule has 0 aliphatic carbocycles. The van der Waals surface area contributed by atoms with Gasteiger partial charge in [0.15, 0.2) is 5.96 Å². The standard InChI is InChI=1S/C17H24N4O.HI/c1-18-17(19-2)20-11-14-7-4-5-8-15(14)12-21(3)13-16-9-6-10-22-16;/h4-10H,11-13H2,1-3H3,(H2,18,19,20);1H. The van der Waals surface area contributed by atoms with Gasteiger partial charge in [0.2, 0.25) is 0 Å². The number of furan rings is 1. The third-order valence-electron chi connectivity index (χ3n) is 3.47. The topological polar surface area (TPSA) is 52.8 Å². The summed E-state index contributed by atoms with van der Waals surface area (Å²) in [5, 5.41) is 6.32. The Morgan fingerprint density at radius 2 is 1.87 bits per heavy atom. The van der Waals surface area contributed by atoms with E-state index in [9.17, 15) is 0 Å². The zero-order chi connectivity index (χ0) is 15.8. The van der Waals surface area contributed by atoms with Crippen LogP contribution in [0.3, 0.4) is 0 Å². The lowest BCUT2D eigenvalue weighted by Crippen LogP contribution is -2.34. The van der Waals surface area contributed by atoms with Crippen molar-refractivity contribution in [3.8, 4) is 0 Å². The van der Waals surface area contributed by atoms with Crippen molar-refractivity contribution in [2.24, 2.45) is 4.99 Å². The fourth-order valence-corrected chi connectivity index (χ4v) is 2.36. The molecule has 0 spiro atoms. The van der Waals surface area contributed by atoms with Crippen molar-refractivity contribution < 1.29 is 4.42 Å². The van der Waals surface area contributed by atoms with Gasteiger partial charge >= 0.3 is 0 Å². The van der Waals surface area contributed by atoms with Crippen LogP contribution in [0.4, 0.5) is 0 Å². The van der Waals surface area contributed by atoms with Gasteiger partial charge in [0.25, 0.3) is 0 Å². The van der Waals surface area contributed by atoms with E-state index in [1.807, 2.05) is 19.2 Å². The van der Waals surface area contributed by atoms with E-state index in [0.717, 1.165) is 31.4 Å². The van der Waals surface area contributed by atoms with Crippen LogP contribution in [0.5, 0.6) is 0 Å². The van der Waals surface area contributed by atoms with E-state index >= 15 is 0 Å². The van der Waals surface area contributed by atoms with Gasteiger partial charge in [-0.2, -0.15) is 0 Å². The highest BCUT2D eigenvalue weighted by Crippen LogP contribution is 2.13. The van der Waals surface area contributed by atoms with E-state index in [2.05, 4.69) is 51.8 Å². The minimum atomic E-state index is 0. The van der Waals surface area contributed by atoms with E-state index in [4.69, 9.17) is 4.42 Å². The molecule has 2 N–H and O–H groups in total. The zero-order valence-electron chi connectivity index (χ0n) is 13.9. The predicted molar refractivity (Wildman–Crippen MR) is 105 cm³/mol. The number of hydrogen-bond acceptors (Lipinski definition) is 3. The molecule has 5 nitrogen and oxygen atoms in total. The average Bonchev–Trinajstić information content (AvgIpc) is 3.02. The number of nitrogens with zero attached hydrogens (tertiary/aromatic N) is 2. The van der Waals surface area contributed by atoms with Crippen LogP contribution in [0.15, 0.2) is 52.1 Å². The molecule has 0 amide bonds. The first-order chi connectivity index (χ1) is 10.7. The molecule has 0 radical (unpaired) electrons. The Morgan fingerprint density at radius 3 is 2.48 bits per heavy atom. The first kappa shape index (κ1) is 19.5. The molecule has 2 rings (SSSR count). The molecule has 0 aliphatic rings. The molecule has 0 atom stereocenters. The maximum atomic E-state index is 5.40. The van der Waals surface area contributed by atoms with Gasteiger partial charge in [0.1, 0.15) is 5.76 Å². The molecule has 1 aromatic heterocycles. The highest BCUT2D eigenvalue weighted by Gasteiger charge is 2.07. The minimum Gasteiger partial charge on any atom is -0.468 e. The van der Waals surface area contributed by atoms with Crippen molar-refractivity contribution in [2.75, 3.05) is 21.1 Å². The van der Waals surface area contributed by atoms with E-state index < -0.39 is 0 Å². The van der Waals surface area contributed by atoms with Crippen molar-refractivity contribution in [1.82, 2.24) is 15.5 Å². The predicted octanol–water partition coefficient (Wildman–Crippen LogP) is 2.82. The summed E-state index contributed by atoms with van der Waals surface area (Å²) in [7, 11) is 5.72. The first-order valence-corrected chi connectivity index (χ1v) is 7.39. The number of rotatable bonds is 6. The highest BCUT2D eigenvalue weighted by atomic mass is 127. The second-order valence-corrected chi connectivity index (χ2v) is 5.20. The Morgan fingerprint density at radius 1 is 1.13 bits per heavy atom. The molecular formula is C17H25IN4O. The molecule has 1 aromatic carbocycles. The fourth-order valence-electron chi connectivity index (χ4n) is 2.36. The highest BCUT2D eigenvalue weighted by molar-refractivity contribution is 14.0. The van der Waals surface area contributed by atoms with Crippen LogP contribution in [0, 0.1) is 0 Å². The molecule has 126 valence electrons. The number of nitrogens with one attached hydrogen (secondary N) is 2. The summed E-state index contributed by atoms with van der Waals surface area (Å²) in [5.41, 5.74) is 2.57. The van der Waals surface area contributed by atoms with E-state index in [1.165, 1.54) is 11.1 Å². The molecule has 0 aliphatic heterocycles. The lowest BCUT2D eigenvalue weighted by Gasteiger charge is -2.18. The van der Waals surface area contributed by atoms with Crippen molar-refractivity contribution in [3.05, 3.63) is 59.5 Å². The third kappa shape index (κ3) is 6.23. The van der Waals surface area contributed by atoms with Crippen LogP contribution in [0.2, 0.25) is 0 Å². The van der Waals surface area contributed by atoms with Crippen LogP contribution >= 0.6 is 24.0 Å². The molecule has 0 unspecified atom stereocenters. The average molecular weight is 428 g/mol. The summed E-state index contributed by atoms with van der Waals surface area (Å²) in [4.78, 5) is 6.37. The number of halogens is 1. The Bertz CT molecular complexity index is 598. The van der Waals surface area contributed by atoms with Gasteiger partial charge in [0.05, 0.1) is 12.8 Å². The lowest BCUT2D eigenvalue weighted by molar-refractivity contribution is 0.287. The maximum absolute atomic E-state index is 5.40. The monoisotopic (exact) mass is 428 g/mol. The fraction of sp³-hybridized carbons (Fsp3) is 0.353. The third-order valence-corrected chi connectivity index (χ3v) is 3.47. The second kappa shape index (κ2) is 10.3. The van der Waals surface area contributed by atoms with Crippen LogP contribution < -0.4 is 10.6 Å². The normalized spacial score (nSPS) is 11.2. The SMILES string of the molecule is CN=C(NC)NCc1ccccc1CN(C)Cc1ccco1.I. The molecule has 0 saturated carbocycles. The van der Waals surface area contributed by atoms with Gasteiger partial charge in [-0.1, -0.05) is 24.3 Å². The Hall–Kier alpha value is -1.54. The largest absolute Gasteiger partial charge is 0.468 e. The molecule has 1 heterocycles. The Labute approximate surface area is 155 Å². The van der Waals surface area contributed by atoms with E-state index in [1.54, 1.807) is 13.3 Å². The first-order valence-electron chi connectivity index (χ1n) is 7.39. The summed E-state index contributed by atoms with van der Waals surface area (Å²) >= 11 is 0. The lowest BCUT2D eigenvalue weighted by atomic mass is 10.1. The molecule has 0 saturated heterocycles. The summed E-state index contributed by atoms with van der Waals surface area (Å²) in [6.07, 6.45) is 1.71. The van der Waals surface area contributed by atoms with Gasteiger partial charge in [-0.3, -0.25) is 9.89 Å². The van der Waals surface area contributed by atoms with Gasteiger partial charge in [-0.25, -0.2) is 0 Å². The zero-order valence-corrected chi connectivity index (χ0v) is 16.2. The number of aliphatic imine (C=N–C) groups is 1. The summed E-state index contributed by atoms with van der Waals surface area (Å²) in [6.45, 7) is 2.42. The van der Waals surface area contributed by atoms with Crippen LogP contribution in [-0.2, 0) is 19.6 Å². The van der Waals surface area contributed by atoms with Crippen LogP contribution in [-0.4, -0.2) is 32.0 Å². The molecule has 2 aromatic rings. The van der Waals surface area contributed by atoms with Crippen molar-refractivity contribution in [3.63, 3.8) is 0 Å². The quantitative estimate of drug-likeness (QED) is 0.422. The van der Waals surface area contributed by atoms with Crippen molar-refractivity contribution >= 4 is 29.9 Å². The number of hydrogen-bond donors (Lipinski definition) is 2. The van der Waals surface area contributed by atoms with Crippen LogP contribution in [0.25, 0.3) is 0 Å². The number of guanidine groups is 1. The second-order valence-electron chi connectivity index (χ2n) is 5.20. The van der Waals surface area contributed by atoms with E-state index in [0.29, 0.717) is 0 Å². The summed E-state index contributed by atoms with van der Waals surface area (Å²) in [6, 6.07) is 12.4. The van der Waals surface area contributed by atoms with Crippen molar-refractivity contribution in [2.45, 2.75) is 19.6 Å². The number of benzene rings is 1. The summed E-state index contributed by atoms with van der Waals surface area (Å²) < 4.78 is 5.40.